The van der Waals surface area contributed by atoms with Gasteiger partial charge < -0.3 is 76.3 Å². The molecule has 1 aliphatic heterocycles. The number of sulfonamides is 1. The minimum atomic E-state index is -5.77. The van der Waals surface area contributed by atoms with Gasteiger partial charge in [-0.05, 0) is 87.4 Å². The number of nitrogens with zero attached hydrogens (tertiary/aromatic N) is 7. The number of fused-ring (bicyclic) bond motifs is 1. The highest BCUT2D eigenvalue weighted by atomic mass is 32.2. The number of halogens is 6. The Balaban J connectivity index is 0.000000526. The second-order valence-corrected chi connectivity index (χ2v) is 26.4. The molecule has 1 aliphatic rings. The summed E-state index contributed by atoms with van der Waals surface area (Å²) in [6.45, 7) is 11.3. The van der Waals surface area contributed by atoms with Gasteiger partial charge in [0.25, 0.3) is 5.91 Å². The van der Waals surface area contributed by atoms with Gasteiger partial charge in [0.15, 0.2) is 5.95 Å². The van der Waals surface area contributed by atoms with Gasteiger partial charge in [-0.3, -0.25) is 77.0 Å². The highest BCUT2D eigenvalue weighted by Gasteiger charge is 2.54. The van der Waals surface area contributed by atoms with E-state index in [9.17, 15) is 108 Å². The van der Waals surface area contributed by atoms with E-state index in [1.165, 1.54) is 14.1 Å². The van der Waals surface area contributed by atoms with Crippen molar-refractivity contribution in [2.75, 3.05) is 164 Å². The molecule has 5 amide bonds. The third-order valence-electron chi connectivity index (χ3n) is 15.9. The van der Waals surface area contributed by atoms with Crippen LogP contribution in [-0.2, 0) is 78.7 Å². The molecule has 36 nitrogen and oxygen atoms in total. The van der Waals surface area contributed by atoms with Gasteiger partial charge >= 0.3 is 47.8 Å². The number of likely N-dealkylation sites (N-methyl/N-ethyl adjacent to an activating group) is 1. The van der Waals surface area contributed by atoms with Crippen LogP contribution in [0, 0.1) is 13.8 Å². The van der Waals surface area contributed by atoms with E-state index >= 15 is 0 Å². The first-order chi connectivity index (χ1) is 52.0. The predicted molar refractivity (Wildman–Crippen MR) is 381 cm³/mol. The van der Waals surface area contributed by atoms with E-state index in [-0.39, 0.29) is 127 Å². The molecule has 0 radical (unpaired) electrons. The number of unbranched alkanes of at least 4 members (excludes halogenated alkanes) is 1. The highest BCUT2D eigenvalue weighted by molar-refractivity contribution is 7.89. The monoisotopic (exact) mass is 1600 g/mol. The van der Waals surface area contributed by atoms with Crippen LogP contribution in [0.3, 0.4) is 0 Å². The van der Waals surface area contributed by atoms with Crippen molar-refractivity contribution in [1.29, 1.82) is 0 Å². The zero-order valence-electron chi connectivity index (χ0n) is 61.7. The molecule has 2 atom stereocenters. The first-order valence-corrected chi connectivity index (χ1v) is 36.4. The summed E-state index contributed by atoms with van der Waals surface area (Å²) in [6, 6.07) is 5.52. The van der Waals surface area contributed by atoms with Crippen molar-refractivity contribution in [1.82, 2.24) is 70.7 Å². The Morgan fingerprint density at radius 1 is 0.609 bits per heavy atom. The fourth-order valence-corrected chi connectivity index (χ4v) is 12.0. The molecule has 616 valence electrons. The van der Waals surface area contributed by atoms with E-state index in [4.69, 9.17) is 18.9 Å². The summed E-state index contributed by atoms with van der Waals surface area (Å²) in [5.74, 6) is -12.2. The summed E-state index contributed by atoms with van der Waals surface area (Å²) in [5.41, 5.74) is 1.77. The number of carbonyl (C=O) groups is 11. The van der Waals surface area contributed by atoms with Crippen LogP contribution in [-0.4, -0.2) is 316 Å². The van der Waals surface area contributed by atoms with Gasteiger partial charge in [0.1, 0.15) is 17.8 Å². The Morgan fingerprint density at radius 3 is 1.62 bits per heavy atom. The van der Waals surface area contributed by atoms with Crippen molar-refractivity contribution >= 4 is 91.9 Å². The van der Waals surface area contributed by atoms with Crippen LogP contribution in [0.4, 0.5) is 32.3 Å². The van der Waals surface area contributed by atoms with E-state index in [1.54, 1.807) is 82.4 Å². The van der Waals surface area contributed by atoms with Crippen LogP contribution in [0.1, 0.15) is 79.8 Å². The Bertz CT molecular complexity index is 3650. The van der Waals surface area contributed by atoms with Crippen molar-refractivity contribution in [2.24, 2.45) is 0 Å². The number of carbonyl (C=O) groups excluding carboxylic acids is 7. The van der Waals surface area contributed by atoms with E-state index in [2.05, 4.69) is 58.6 Å². The number of aromatic amines is 1. The molecule has 1 fully saturated rings. The number of hydrogen-bond donors (Lipinski definition) is 12. The van der Waals surface area contributed by atoms with Gasteiger partial charge in [-0.1, -0.05) is 13.3 Å². The molecule has 4 aromatic rings. The number of carboxylic acid groups (broad SMARTS) is 4. The summed E-state index contributed by atoms with van der Waals surface area (Å²) in [4.78, 5) is 141. The Kier molecular flexibility index (Phi) is 42.7. The lowest BCUT2D eigenvalue weighted by molar-refractivity contribution is -0.193. The molecule has 0 spiro atoms. The van der Waals surface area contributed by atoms with Crippen molar-refractivity contribution in [3.63, 3.8) is 0 Å². The standard InChI is InChI=1S/C40H58N8O10S.C23H41N7O9.C4F6O2/c1-4-5-17-55-20-22-57-23-21-56-18-8-13-41-36(49)9-6-19-58-33-24-29(2)37(30(3)25-33)59(53,54)47-34(39(51)52)28-45-38(50)31-10-11-35-32(26-31)27-46-48(35)16-7-12-42-40-43-14-15-44-40;1-24-18(31)4-3-17(23(39)25-2)26-19(32)13-27-5-7-28(14-20(33)34)9-11-30(16-22(37)38)12-10-29(8-6-27)15-21(35)36;5-3(6,7)1(11)2(12)4(8,9)10/h10-11,14-15,24-27,34,47H,4-9,12-13,16-23,28H2,1-3H3,(H,41,49)(H,45,50)(H,51,52)(H2,42,43,44);17H,3-16H2,1-2H3,(H,24,31)(H,25,39)(H,26,32)(H,33,34)(H,35,36)(H,37,38);/t;17-;/m.1./s1. The summed E-state index contributed by atoms with van der Waals surface area (Å²) in [7, 11) is -1.45. The number of hydrogen-bond acceptors (Lipinski definition) is 24. The number of carboxylic acids is 4. The fraction of sp³-hybridized carbons (Fsp3) is 0.597. The zero-order valence-corrected chi connectivity index (χ0v) is 62.5. The zero-order chi connectivity index (χ0) is 82.0. The number of ketones is 2. The van der Waals surface area contributed by atoms with Gasteiger partial charge in [-0.15, -0.1) is 0 Å². The second kappa shape index (κ2) is 49.6. The van der Waals surface area contributed by atoms with Crippen LogP contribution in [0.25, 0.3) is 10.9 Å². The van der Waals surface area contributed by atoms with E-state index in [0.29, 0.717) is 88.3 Å². The molecule has 5 rings (SSSR count). The van der Waals surface area contributed by atoms with Crippen molar-refractivity contribution in [2.45, 2.75) is 108 Å². The molecular weight excluding hydrogens is 1500 g/mol. The molecule has 110 heavy (non-hydrogen) atoms. The predicted octanol–water partition coefficient (Wildman–Crippen LogP) is 1.02. The number of aromatic nitrogens is 4. The van der Waals surface area contributed by atoms with Crippen molar-refractivity contribution in [3.8, 4) is 5.75 Å². The molecule has 2 aromatic carbocycles. The maximum atomic E-state index is 13.5. The third-order valence-corrected chi connectivity index (χ3v) is 17.7. The number of H-pyrrole nitrogens is 1. The van der Waals surface area contributed by atoms with Gasteiger partial charge in [0.2, 0.25) is 33.7 Å². The number of imidazole rings is 1. The summed E-state index contributed by atoms with van der Waals surface area (Å²) in [6.07, 6.45) is -2.08. The summed E-state index contributed by atoms with van der Waals surface area (Å²) in [5, 5.41) is 59.0. The number of aliphatic carboxylic acids is 4. The molecule has 1 unspecified atom stereocenters. The van der Waals surface area contributed by atoms with Gasteiger partial charge in [-0.25, -0.2) is 13.4 Å². The second-order valence-electron chi connectivity index (χ2n) is 24.7. The molecule has 0 saturated carbocycles. The molecule has 3 heterocycles. The van der Waals surface area contributed by atoms with Crippen LogP contribution in [0.5, 0.6) is 5.75 Å². The maximum Gasteiger partial charge on any atom is 0.458 e. The maximum absolute atomic E-state index is 13.5. The smallest absolute Gasteiger partial charge is 0.458 e. The number of ether oxygens (including phenoxy) is 4. The molecule has 0 aliphatic carbocycles. The van der Waals surface area contributed by atoms with Gasteiger partial charge in [0.05, 0.1) is 75.8 Å². The number of benzene rings is 2. The number of aryl methyl sites for hydroxylation is 3. The van der Waals surface area contributed by atoms with E-state index in [1.807, 2.05) is 4.68 Å². The molecule has 2 aromatic heterocycles. The lowest BCUT2D eigenvalue weighted by Crippen LogP contribution is -2.52. The quantitative estimate of drug-likeness (QED) is 0.0167. The molecule has 43 heteroatoms. The average Bonchev–Trinajstić information content (AvgIpc) is 0.951. The Hall–Kier alpha value is -9.50. The molecular formula is C67H99F6N15O21S. The third kappa shape index (κ3) is 37.7. The van der Waals surface area contributed by atoms with Crippen LogP contribution in [0.2, 0.25) is 0 Å². The fourth-order valence-electron chi connectivity index (χ4n) is 10.4. The molecule has 1 saturated heterocycles. The molecule has 0 bridgehead atoms. The van der Waals surface area contributed by atoms with E-state index in [0.717, 1.165) is 36.8 Å². The largest absolute Gasteiger partial charge is 0.494 e. The lowest BCUT2D eigenvalue weighted by Gasteiger charge is -2.33. The van der Waals surface area contributed by atoms with Gasteiger partial charge in [0, 0.05) is 142 Å². The normalized spacial score (nSPS) is 14.1. The van der Waals surface area contributed by atoms with Gasteiger partial charge in [-0.2, -0.15) is 36.2 Å². The number of rotatable bonds is 44. The number of nitrogens with one attached hydrogen (secondary N) is 8. The SMILES string of the molecule is CCCCOCCOCCOCCCNC(=O)CCCOc1cc(C)c(S(=O)(=O)NC(CNC(=O)c2ccc3c(cnn3CCCNc3ncc[nH]3)c2)C(=O)O)c(C)c1.CNC(=O)CC[C@@H](NC(=O)CN1CCN(CC(=O)O)CCN(CC(=O)O)CCN(CC(=O)O)CC1)C(=O)NC.O=C(C(=O)C(F)(F)F)C(F)(F)F. The number of Topliss-reactive ketones (excluding diaryl/α,β-unsaturated/α-hetero) is 2. The lowest BCUT2D eigenvalue weighted by atomic mass is 10.1. The van der Waals surface area contributed by atoms with Crippen molar-refractivity contribution < 1.29 is 127 Å². The minimum Gasteiger partial charge on any atom is -0.494 e. The summed E-state index contributed by atoms with van der Waals surface area (Å²) < 4.78 is 120. The Labute approximate surface area is 630 Å². The van der Waals surface area contributed by atoms with Crippen LogP contribution >= 0.6 is 0 Å². The summed E-state index contributed by atoms with van der Waals surface area (Å²) >= 11 is 0. The Morgan fingerprint density at radius 2 is 1.14 bits per heavy atom. The first kappa shape index (κ1) is 94.7. The van der Waals surface area contributed by atoms with Crippen LogP contribution < -0.4 is 41.4 Å². The van der Waals surface area contributed by atoms with Crippen LogP contribution in [0.15, 0.2) is 53.8 Å². The first-order valence-electron chi connectivity index (χ1n) is 34.9. The number of alkyl halides is 6. The highest BCUT2D eigenvalue weighted by Crippen LogP contribution is 2.27. The van der Waals surface area contributed by atoms with Crippen molar-refractivity contribution in [3.05, 3.63) is 65.6 Å². The average molecular weight is 1600 g/mol. The van der Waals surface area contributed by atoms with E-state index < -0.39 is 94.2 Å². The topological polar surface area (TPSA) is 483 Å². The number of anilines is 1. The number of amides is 5. The molecule has 12 N–H and O–H groups in total. The minimum absolute atomic E-state index is 0.0335.